The molecular formula is C35H32N4O3. The van der Waals surface area contributed by atoms with Gasteiger partial charge in [-0.2, -0.15) is 0 Å². The van der Waals surface area contributed by atoms with Crippen LogP contribution in [0.4, 0.5) is 5.69 Å². The van der Waals surface area contributed by atoms with Crippen molar-refractivity contribution in [3.8, 4) is 16.9 Å². The summed E-state index contributed by atoms with van der Waals surface area (Å²) in [5.41, 5.74) is 7.83. The SMILES string of the molecule is CCOc1ccccc1-c1ccc(C(=O)N2Cc3ccc(C(=O)NCc4cccnc4)n3Cc3ccccc32)cc1C. The van der Waals surface area contributed by atoms with Crippen molar-refractivity contribution in [1.82, 2.24) is 14.9 Å². The van der Waals surface area contributed by atoms with E-state index in [9.17, 15) is 9.59 Å². The van der Waals surface area contributed by atoms with E-state index in [2.05, 4.69) is 10.3 Å². The molecule has 7 heteroatoms. The lowest BCUT2D eigenvalue weighted by molar-refractivity contribution is 0.0941. The van der Waals surface area contributed by atoms with E-state index < -0.39 is 0 Å². The summed E-state index contributed by atoms with van der Waals surface area (Å²) < 4.78 is 7.86. The highest BCUT2D eigenvalue weighted by Crippen LogP contribution is 2.34. The second kappa shape index (κ2) is 11.7. The molecule has 0 unspecified atom stereocenters. The lowest BCUT2D eigenvalue weighted by Crippen LogP contribution is -2.30. The van der Waals surface area contributed by atoms with Crippen molar-refractivity contribution in [2.75, 3.05) is 11.5 Å². The van der Waals surface area contributed by atoms with Gasteiger partial charge in [0.25, 0.3) is 11.8 Å². The van der Waals surface area contributed by atoms with E-state index in [-0.39, 0.29) is 11.8 Å². The average molecular weight is 557 g/mol. The van der Waals surface area contributed by atoms with Crippen molar-refractivity contribution >= 4 is 17.5 Å². The van der Waals surface area contributed by atoms with Crippen molar-refractivity contribution < 1.29 is 14.3 Å². The molecule has 0 fully saturated rings. The standard InChI is InChI=1S/C35H32N4O3/c1-3-42-33-13-7-5-11-30(33)29-16-14-26(19-24(29)2)35(41)39-23-28-15-17-32(34(40)37-21-25-9-8-18-36-20-25)38(28)22-27-10-4-6-12-31(27)39/h4-20H,3,21-23H2,1-2H3,(H,37,40). The topological polar surface area (TPSA) is 76.5 Å². The highest BCUT2D eigenvalue weighted by molar-refractivity contribution is 6.07. The Morgan fingerprint density at radius 2 is 1.74 bits per heavy atom. The zero-order valence-electron chi connectivity index (χ0n) is 23.7. The maximum absolute atomic E-state index is 14.1. The zero-order valence-corrected chi connectivity index (χ0v) is 23.7. The van der Waals surface area contributed by atoms with Gasteiger partial charge in [0, 0.05) is 41.4 Å². The monoisotopic (exact) mass is 556 g/mol. The molecular weight excluding hydrogens is 524 g/mol. The number of carbonyl (C=O) groups excluding carboxylic acids is 2. The Labute approximate surface area is 245 Å². The Bertz CT molecular complexity index is 1760. The van der Waals surface area contributed by atoms with E-state index >= 15 is 0 Å². The number of anilines is 1. The number of aryl methyl sites for hydroxylation is 1. The normalized spacial score (nSPS) is 12.2. The Morgan fingerprint density at radius 3 is 2.55 bits per heavy atom. The third kappa shape index (κ3) is 5.29. The first-order valence-electron chi connectivity index (χ1n) is 14.1. The van der Waals surface area contributed by atoms with Crippen LogP contribution in [0.1, 0.15) is 50.2 Å². The van der Waals surface area contributed by atoms with Gasteiger partial charge in [0.05, 0.1) is 19.7 Å². The van der Waals surface area contributed by atoms with Gasteiger partial charge < -0.3 is 19.5 Å². The van der Waals surface area contributed by atoms with Crippen LogP contribution in [0, 0.1) is 6.92 Å². The number of amides is 2. The molecule has 7 nitrogen and oxygen atoms in total. The summed E-state index contributed by atoms with van der Waals surface area (Å²) >= 11 is 0. The molecule has 0 radical (unpaired) electrons. The van der Waals surface area contributed by atoms with Crippen LogP contribution in [0.25, 0.3) is 11.1 Å². The maximum Gasteiger partial charge on any atom is 0.268 e. The molecule has 1 N–H and O–H groups in total. The van der Waals surface area contributed by atoms with Crippen LogP contribution >= 0.6 is 0 Å². The van der Waals surface area contributed by atoms with Gasteiger partial charge in [-0.05, 0) is 78.6 Å². The van der Waals surface area contributed by atoms with Crippen LogP contribution in [0.15, 0.2) is 103 Å². The van der Waals surface area contributed by atoms with Crippen LogP contribution in [-0.4, -0.2) is 28.0 Å². The number of aromatic nitrogens is 2. The van der Waals surface area contributed by atoms with Crippen molar-refractivity contribution in [2.45, 2.75) is 33.5 Å². The first-order chi connectivity index (χ1) is 20.5. The quantitative estimate of drug-likeness (QED) is 0.252. The van der Waals surface area contributed by atoms with Crippen LogP contribution < -0.4 is 15.0 Å². The summed E-state index contributed by atoms with van der Waals surface area (Å²) in [6, 6.07) is 29.2. The minimum absolute atomic E-state index is 0.0903. The molecule has 2 amide bonds. The summed E-state index contributed by atoms with van der Waals surface area (Å²) in [6.07, 6.45) is 3.45. The van der Waals surface area contributed by atoms with Gasteiger partial charge in [0.2, 0.25) is 0 Å². The number of ether oxygens (including phenoxy) is 1. The Hall–Kier alpha value is -5.17. The summed E-state index contributed by atoms with van der Waals surface area (Å²) in [7, 11) is 0. The zero-order chi connectivity index (χ0) is 29.1. The number of benzene rings is 3. The van der Waals surface area contributed by atoms with E-state index in [1.54, 1.807) is 12.4 Å². The second-order valence-electron chi connectivity index (χ2n) is 10.3. The highest BCUT2D eigenvalue weighted by atomic mass is 16.5. The largest absolute Gasteiger partial charge is 0.493 e. The van der Waals surface area contributed by atoms with E-state index in [0.717, 1.165) is 44.9 Å². The number of para-hydroxylation sites is 2. The first kappa shape index (κ1) is 27.0. The van der Waals surface area contributed by atoms with Crippen LogP contribution in [0.3, 0.4) is 0 Å². The molecule has 3 heterocycles. The number of hydrogen-bond donors (Lipinski definition) is 1. The molecule has 0 bridgehead atoms. The maximum atomic E-state index is 14.1. The molecule has 42 heavy (non-hydrogen) atoms. The number of hydrogen-bond acceptors (Lipinski definition) is 4. The molecule has 1 aliphatic rings. The molecule has 1 aliphatic heterocycles. The Kier molecular flexibility index (Phi) is 7.56. The molecule has 6 rings (SSSR count). The molecule has 0 spiro atoms. The molecule has 0 saturated heterocycles. The van der Waals surface area contributed by atoms with Gasteiger partial charge >= 0.3 is 0 Å². The van der Waals surface area contributed by atoms with Crippen LogP contribution in [0.5, 0.6) is 5.75 Å². The lowest BCUT2D eigenvalue weighted by atomic mass is 9.97. The molecule has 210 valence electrons. The number of rotatable bonds is 7. The number of pyridine rings is 1. The third-order valence-corrected chi connectivity index (χ3v) is 7.61. The smallest absolute Gasteiger partial charge is 0.268 e. The summed E-state index contributed by atoms with van der Waals surface area (Å²) in [6.45, 7) is 5.80. The molecule has 0 saturated carbocycles. The molecule has 0 aliphatic carbocycles. The summed E-state index contributed by atoms with van der Waals surface area (Å²) in [5, 5.41) is 3.00. The van der Waals surface area contributed by atoms with Crippen LogP contribution in [-0.2, 0) is 19.6 Å². The third-order valence-electron chi connectivity index (χ3n) is 7.61. The minimum atomic E-state index is -0.166. The fourth-order valence-corrected chi connectivity index (χ4v) is 5.54. The van der Waals surface area contributed by atoms with Crippen molar-refractivity contribution in [2.24, 2.45) is 0 Å². The van der Waals surface area contributed by atoms with Crippen molar-refractivity contribution in [1.29, 1.82) is 0 Å². The summed E-state index contributed by atoms with van der Waals surface area (Å²) in [5.74, 6) is 0.568. The fraction of sp³-hybridized carbons (Fsp3) is 0.171. The molecule has 0 atom stereocenters. The predicted octanol–water partition coefficient (Wildman–Crippen LogP) is 6.40. The Morgan fingerprint density at radius 1 is 0.905 bits per heavy atom. The van der Waals surface area contributed by atoms with Gasteiger partial charge in [-0.1, -0.05) is 48.5 Å². The van der Waals surface area contributed by atoms with Gasteiger partial charge in [-0.25, -0.2) is 0 Å². The number of nitrogens with one attached hydrogen (secondary N) is 1. The van der Waals surface area contributed by atoms with Gasteiger partial charge in [0.15, 0.2) is 0 Å². The predicted molar refractivity (Wildman–Crippen MR) is 164 cm³/mol. The first-order valence-corrected chi connectivity index (χ1v) is 14.1. The number of nitrogens with zero attached hydrogens (tertiary/aromatic N) is 3. The van der Waals surface area contributed by atoms with Crippen LogP contribution in [0.2, 0.25) is 0 Å². The summed E-state index contributed by atoms with van der Waals surface area (Å²) in [4.78, 5) is 33.3. The van der Waals surface area contributed by atoms with Crippen molar-refractivity contribution in [3.63, 3.8) is 0 Å². The average Bonchev–Trinajstić information content (AvgIpc) is 3.33. The second-order valence-corrected chi connectivity index (χ2v) is 10.3. The number of fused-ring (bicyclic) bond motifs is 2. The van der Waals surface area contributed by atoms with E-state index in [1.807, 2.05) is 114 Å². The molecule has 3 aromatic carbocycles. The van der Waals surface area contributed by atoms with Gasteiger partial charge in [-0.3, -0.25) is 14.6 Å². The molecule has 5 aromatic rings. The van der Waals surface area contributed by atoms with E-state index in [0.29, 0.717) is 37.5 Å². The van der Waals surface area contributed by atoms with E-state index in [4.69, 9.17) is 4.74 Å². The van der Waals surface area contributed by atoms with E-state index in [1.165, 1.54) is 0 Å². The molecule has 2 aromatic heterocycles. The highest BCUT2D eigenvalue weighted by Gasteiger charge is 2.27. The fourth-order valence-electron chi connectivity index (χ4n) is 5.54. The van der Waals surface area contributed by atoms with Crippen molar-refractivity contribution in [3.05, 3.63) is 137 Å². The minimum Gasteiger partial charge on any atom is -0.493 e. The van der Waals surface area contributed by atoms with Gasteiger partial charge in [0.1, 0.15) is 11.4 Å². The number of carbonyl (C=O) groups is 2. The Balaban J connectivity index is 1.30. The van der Waals surface area contributed by atoms with Gasteiger partial charge in [-0.15, -0.1) is 0 Å². The lowest BCUT2D eigenvalue weighted by Gasteiger charge is -2.23.